The molecule has 3 heteroatoms. The predicted molar refractivity (Wildman–Crippen MR) is 74.9 cm³/mol. The molecule has 1 aromatic carbocycles. The predicted octanol–water partition coefficient (Wildman–Crippen LogP) is 2.90. The van der Waals surface area contributed by atoms with Crippen molar-refractivity contribution in [3.8, 4) is 0 Å². The first-order valence-electron chi connectivity index (χ1n) is 6.21. The van der Waals surface area contributed by atoms with Crippen LogP contribution in [0.1, 0.15) is 24.1 Å². The number of aryl methyl sites for hydroxylation is 2. The Morgan fingerprint density at radius 1 is 1.18 bits per heavy atom. The van der Waals surface area contributed by atoms with Crippen molar-refractivity contribution in [2.45, 2.75) is 32.2 Å². The molecule has 0 atom stereocenters. The number of benzene rings is 1. The van der Waals surface area contributed by atoms with Crippen LogP contribution in [0.4, 0.5) is 0 Å². The van der Waals surface area contributed by atoms with Crippen LogP contribution in [0.2, 0.25) is 0 Å². The molecule has 0 bridgehead atoms. The van der Waals surface area contributed by atoms with Crippen molar-refractivity contribution in [3.05, 3.63) is 35.5 Å². The van der Waals surface area contributed by atoms with Crippen molar-refractivity contribution in [2.24, 2.45) is 5.73 Å². The zero-order chi connectivity index (χ0) is 11.0. The molecular formula is C14H19ClN2. The first-order chi connectivity index (χ1) is 7.92. The molecular weight excluding hydrogens is 232 g/mol. The second-order valence-electron chi connectivity index (χ2n) is 4.59. The van der Waals surface area contributed by atoms with Crippen LogP contribution < -0.4 is 5.73 Å². The molecule has 0 saturated carbocycles. The number of hydrogen-bond donors (Lipinski definition) is 1. The third kappa shape index (κ3) is 1.96. The second kappa shape index (κ2) is 5.11. The van der Waals surface area contributed by atoms with E-state index in [1.807, 2.05) is 0 Å². The summed E-state index contributed by atoms with van der Waals surface area (Å²) in [6.45, 7) is 1.85. The van der Waals surface area contributed by atoms with Gasteiger partial charge in [-0.25, -0.2) is 0 Å². The van der Waals surface area contributed by atoms with Crippen LogP contribution in [0.3, 0.4) is 0 Å². The molecule has 0 spiro atoms. The number of hydrogen-bond acceptors (Lipinski definition) is 1. The van der Waals surface area contributed by atoms with Crippen molar-refractivity contribution in [1.82, 2.24) is 4.57 Å². The number of aromatic nitrogens is 1. The average molecular weight is 251 g/mol. The molecule has 2 N–H and O–H groups in total. The van der Waals surface area contributed by atoms with E-state index in [-0.39, 0.29) is 12.4 Å². The van der Waals surface area contributed by atoms with Crippen LogP contribution in [-0.4, -0.2) is 11.1 Å². The van der Waals surface area contributed by atoms with Crippen LogP contribution in [-0.2, 0) is 19.4 Å². The molecule has 0 unspecified atom stereocenters. The Hall–Kier alpha value is -0.990. The lowest BCUT2D eigenvalue weighted by Crippen LogP contribution is -2.07. The van der Waals surface area contributed by atoms with Gasteiger partial charge in [0.15, 0.2) is 0 Å². The maximum absolute atomic E-state index is 5.62. The van der Waals surface area contributed by atoms with Gasteiger partial charge in [0, 0.05) is 23.1 Å². The van der Waals surface area contributed by atoms with Gasteiger partial charge in [-0.15, -0.1) is 12.4 Å². The molecule has 0 radical (unpaired) electrons. The highest BCUT2D eigenvalue weighted by atomic mass is 35.5. The number of rotatable bonds is 3. The summed E-state index contributed by atoms with van der Waals surface area (Å²) in [5.41, 5.74) is 10.2. The summed E-state index contributed by atoms with van der Waals surface area (Å²) in [4.78, 5) is 0. The van der Waals surface area contributed by atoms with E-state index in [0.717, 1.165) is 19.5 Å². The van der Waals surface area contributed by atoms with Crippen molar-refractivity contribution < 1.29 is 0 Å². The lowest BCUT2D eigenvalue weighted by Gasteiger charge is -2.08. The van der Waals surface area contributed by atoms with Gasteiger partial charge < -0.3 is 10.3 Å². The van der Waals surface area contributed by atoms with E-state index >= 15 is 0 Å². The smallest absolute Gasteiger partial charge is 0.0485 e. The Morgan fingerprint density at radius 2 is 2.00 bits per heavy atom. The highest BCUT2D eigenvalue weighted by Gasteiger charge is 2.20. The highest BCUT2D eigenvalue weighted by molar-refractivity contribution is 5.86. The molecule has 2 nitrogen and oxygen atoms in total. The normalized spacial score (nSPS) is 13.7. The molecule has 1 aliphatic rings. The fourth-order valence-corrected chi connectivity index (χ4v) is 2.93. The Morgan fingerprint density at radius 3 is 2.82 bits per heavy atom. The van der Waals surface area contributed by atoms with Gasteiger partial charge in [-0.05, 0) is 43.9 Å². The second-order valence-corrected chi connectivity index (χ2v) is 4.59. The van der Waals surface area contributed by atoms with Gasteiger partial charge in [0.25, 0.3) is 0 Å². The Labute approximate surface area is 108 Å². The molecule has 0 amide bonds. The standard InChI is InChI=1S/C14H18N2.ClH/c15-9-4-10-16-13-7-2-1-5-11(13)12-6-3-8-14(12)16;/h1-2,5,7H,3-4,6,8-10,15H2;1H. The topological polar surface area (TPSA) is 30.9 Å². The minimum Gasteiger partial charge on any atom is -0.344 e. The van der Waals surface area contributed by atoms with Crippen LogP contribution in [0.5, 0.6) is 0 Å². The summed E-state index contributed by atoms with van der Waals surface area (Å²) in [5.74, 6) is 0. The van der Waals surface area contributed by atoms with Gasteiger partial charge in [-0.2, -0.15) is 0 Å². The maximum atomic E-state index is 5.62. The lowest BCUT2D eigenvalue weighted by atomic mass is 10.1. The molecule has 2 aromatic rings. The minimum atomic E-state index is 0. The summed E-state index contributed by atoms with van der Waals surface area (Å²) < 4.78 is 2.49. The van der Waals surface area contributed by atoms with Crippen LogP contribution in [0.15, 0.2) is 24.3 Å². The van der Waals surface area contributed by atoms with Crippen LogP contribution >= 0.6 is 12.4 Å². The third-order valence-electron chi connectivity index (χ3n) is 3.62. The summed E-state index contributed by atoms with van der Waals surface area (Å²) in [6.07, 6.45) is 4.89. The zero-order valence-electron chi connectivity index (χ0n) is 9.98. The van der Waals surface area contributed by atoms with E-state index in [9.17, 15) is 0 Å². The molecule has 1 heterocycles. The molecule has 0 fully saturated rings. The Balaban J connectivity index is 0.00000108. The monoisotopic (exact) mass is 250 g/mol. The third-order valence-corrected chi connectivity index (χ3v) is 3.62. The van der Waals surface area contributed by atoms with E-state index in [0.29, 0.717) is 0 Å². The largest absolute Gasteiger partial charge is 0.344 e. The summed E-state index contributed by atoms with van der Waals surface area (Å²) in [5, 5.41) is 1.46. The van der Waals surface area contributed by atoms with Gasteiger partial charge in [0.05, 0.1) is 0 Å². The SMILES string of the molecule is Cl.NCCCn1c2c(c3ccccc31)CCC2. The molecule has 3 rings (SSSR count). The van der Waals surface area contributed by atoms with Gasteiger partial charge in [-0.1, -0.05) is 18.2 Å². The number of halogens is 1. The van der Waals surface area contributed by atoms with Crippen molar-refractivity contribution in [2.75, 3.05) is 6.54 Å². The molecule has 1 aromatic heterocycles. The van der Waals surface area contributed by atoms with Gasteiger partial charge >= 0.3 is 0 Å². The lowest BCUT2D eigenvalue weighted by molar-refractivity contribution is 0.645. The quantitative estimate of drug-likeness (QED) is 0.892. The number of nitrogens with two attached hydrogens (primary N) is 1. The van der Waals surface area contributed by atoms with E-state index in [4.69, 9.17) is 5.73 Å². The minimum absolute atomic E-state index is 0. The van der Waals surface area contributed by atoms with E-state index in [2.05, 4.69) is 28.8 Å². The van der Waals surface area contributed by atoms with E-state index in [1.54, 1.807) is 11.3 Å². The van der Waals surface area contributed by atoms with Crippen LogP contribution in [0, 0.1) is 0 Å². The van der Waals surface area contributed by atoms with Crippen molar-refractivity contribution in [3.63, 3.8) is 0 Å². The first kappa shape index (κ1) is 12.5. The first-order valence-corrected chi connectivity index (χ1v) is 6.21. The molecule has 0 saturated heterocycles. The van der Waals surface area contributed by atoms with Crippen molar-refractivity contribution in [1.29, 1.82) is 0 Å². The van der Waals surface area contributed by atoms with Gasteiger partial charge in [0.2, 0.25) is 0 Å². The highest BCUT2D eigenvalue weighted by Crippen LogP contribution is 2.32. The number of nitrogens with zero attached hydrogens (tertiary/aromatic N) is 1. The van der Waals surface area contributed by atoms with E-state index in [1.165, 1.54) is 30.2 Å². The molecule has 92 valence electrons. The molecule has 0 aliphatic heterocycles. The van der Waals surface area contributed by atoms with Crippen molar-refractivity contribution >= 4 is 23.3 Å². The number of para-hydroxylation sites is 1. The van der Waals surface area contributed by atoms with Crippen LogP contribution in [0.25, 0.3) is 10.9 Å². The summed E-state index contributed by atoms with van der Waals surface area (Å²) >= 11 is 0. The fraction of sp³-hybridized carbons (Fsp3) is 0.429. The van der Waals surface area contributed by atoms with Gasteiger partial charge in [-0.3, -0.25) is 0 Å². The zero-order valence-corrected chi connectivity index (χ0v) is 10.8. The average Bonchev–Trinajstić information content (AvgIpc) is 2.87. The summed E-state index contributed by atoms with van der Waals surface area (Å²) in [7, 11) is 0. The van der Waals surface area contributed by atoms with E-state index < -0.39 is 0 Å². The molecule has 1 aliphatic carbocycles. The fourth-order valence-electron chi connectivity index (χ4n) is 2.93. The number of fused-ring (bicyclic) bond motifs is 3. The Kier molecular flexibility index (Phi) is 3.75. The maximum Gasteiger partial charge on any atom is 0.0485 e. The van der Waals surface area contributed by atoms with Gasteiger partial charge in [0.1, 0.15) is 0 Å². The molecule has 17 heavy (non-hydrogen) atoms. The Bertz CT molecular complexity index is 516. The summed E-state index contributed by atoms with van der Waals surface area (Å²) in [6, 6.07) is 8.78.